The standard InChI is InChI=1S/C16H29NO4S/c1-12(2)20-14(18)11-22-10-13-7-6-8-17(9-13)15(19)21-16(3,4)5/h12-13H,6-11H2,1-5H3/t13-/m0/s1. The quantitative estimate of drug-likeness (QED) is 0.723. The van der Waals surface area contributed by atoms with Gasteiger partial charge in [-0.1, -0.05) is 0 Å². The fraction of sp³-hybridized carbons (Fsp3) is 0.875. The van der Waals surface area contributed by atoms with Crippen molar-refractivity contribution in [2.45, 2.75) is 59.2 Å². The molecule has 1 heterocycles. The third-order valence-electron chi connectivity index (χ3n) is 3.11. The molecule has 0 saturated carbocycles. The summed E-state index contributed by atoms with van der Waals surface area (Å²) in [5.74, 6) is 1.49. The first-order valence-corrected chi connectivity index (χ1v) is 9.08. The molecule has 0 aliphatic carbocycles. The van der Waals surface area contributed by atoms with Gasteiger partial charge in [-0.25, -0.2) is 4.79 Å². The maximum atomic E-state index is 12.1. The molecule has 1 rings (SSSR count). The van der Waals surface area contributed by atoms with E-state index in [-0.39, 0.29) is 18.2 Å². The van der Waals surface area contributed by atoms with E-state index in [1.807, 2.05) is 34.6 Å². The highest BCUT2D eigenvalue weighted by Crippen LogP contribution is 2.22. The average molecular weight is 331 g/mol. The first-order chi connectivity index (χ1) is 10.2. The molecule has 1 fully saturated rings. The maximum absolute atomic E-state index is 12.1. The van der Waals surface area contributed by atoms with Gasteiger partial charge in [0.05, 0.1) is 11.9 Å². The first-order valence-electron chi connectivity index (χ1n) is 7.92. The Labute approximate surface area is 138 Å². The molecular formula is C16H29NO4S. The summed E-state index contributed by atoms with van der Waals surface area (Å²) in [6, 6.07) is 0. The summed E-state index contributed by atoms with van der Waals surface area (Å²) in [5, 5.41) is 0. The SMILES string of the molecule is CC(C)OC(=O)CSC[C@H]1CCCN(C(=O)OC(C)(C)C)C1. The van der Waals surface area contributed by atoms with Gasteiger partial charge in [-0.2, -0.15) is 0 Å². The summed E-state index contributed by atoms with van der Waals surface area (Å²) in [6.07, 6.45) is 1.78. The Morgan fingerprint density at radius 3 is 2.59 bits per heavy atom. The molecule has 1 saturated heterocycles. The van der Waals surface area contributed by atoms with E-state index >= 15 is 0 Å². The molecule has 0 N–H and O–H groups in total. The van der Waals surface area contributed by atoms with Crippen molar-refractivity contribution in [1.82, 2.24) is 4.90 Å². The monoisotopic (exact) mass is 331 g/mol. The van der Waals surface area contributed by atoms with Crippen molar-refractivity contribution < 1.29 is 19.1 Å². The molecule has 0 aromatic heterocycles. The van der Waals surface area contributed by atoms with E-state index in [4.69, 9.17) is 9.47 Å². The van der Waals surface area contributed by atoms with Gasteiger partial charge in [-0.05, 0) is 59.1 Å². The number of rotatable bonds is 5. The maximum Gasteiger partial charge on any atom is 0.410 e. The third-order valence-corrected chi connectivity index (χ3v) is 4.26. The van der Waals surface area contributed by atoms with E-state index in [0.29, 0.717) is 18.2 Å². The van der Waals surface area contributed by atoms with E-state index in [9.17, 15) is 9.59 Å². The number of likely N-dealkylation sites (tertiary alicyclic amines) is 1. The molecule has 1 atom stereocenters. The van der Waals surface area contributed by atoms with Crippen LogP contribution in [0, 0.1) is 5.92 Å². The molecule has 1 aliphatic heterocycles. The summed E-state index contributed by atoms with van der Waals surface area (Å²) in [5.41, 5.74) is -0.459. The van der Waals surface area contributed by atoms with Crippen molar-refractivity contribution in [1.29, 1.82) is 0 Å². The number of hydrogen-bond acceptors (Lipinski definition) is 5. The molecule has 1 amide bonds. The Bertz CT molecular complexity index is 379. The summed E-state index contributed by atoms with van der Waals surface area (Å²) in [6.45, 7) is 10.8. The second-order valence-corrected chi connectivity index (χ2v) is 8.02. The van der Waals surface area contributed by atoms with E-state index in [1.165, 1.54) is 0 Å². The van der Waals surface area contributed by atoms with Crippen LogP contribution in [0.15, 0.2) is 0 Å². The van der Waals surface area contributed by atoms with Crippen molar-refractivity contribution >= 4 is 23.8 Å². The Morgan fingerprint density at radius 2 is 2.00 bits per heavy atom. The predicted octanol–water partition coefficient (Wildman–Crippen LogP) is 3.32. The van der Waals surface area contributed by atoms with Crippen LogP contribution in [0.5, 0.6) is 0 Å². The minimum atomic E-state index is -0.459. The van der Waals surface area contributed by atoms with Crippen molar-refractivity contribution in [3.8, 4) is 0 Å². The van der Waals surface area contributed by atoms with Gasteiger partial charge in [0.15, 0.2) is 0 Å². The summed E-state index contributed by atoms with van der Waals surface area (Å²) in [4.78, 5) is 25.4. The highest BCUT2D eigenvalue weighted by Gasteiger charge is 2.27. The number of hydrogen-bond donors (Lipinski definition) is 0. The van der Waals surface area contributed by atoms with Gasteiger partial charge >= 0.3 is 12.1 Å². The summed E-state index contributed by atoms with van der Waals surface area (Å²) >= 11 is 1.58. The first kappa shape index (κ1) is 19.1. The minimum absolute atomic E-state index is 0.0644. The molecule has 1 aliphatic rings. The Morgan fingerprint density at radius 1 is 1.32 bits per heavy atom. The molecular weight excluding hydrogens is 302 g/mol. The Balaban J connectivity index is 2.31. The Kier molecular flexibility index (Phi) is 7.53. The lowest BCUT2D eigenvalue weighted by atomic mass is 10.0. The zero-order valence-electron chi connectivity index (χ0n) is 14.4. The molecule has 128 valence electrons. The van der Waals surface area contributed by atoms with Gasteiger partial charge in [0.25, 0.3) is 0 Å². The summed E-state index contributed by atoms with van der Waals surface area (Å²) in [7, 11) is 0. The number of esters is 1. The van der Waals surface area contributed by atoms with Crippen LogP contribution in [0.25, 0.3) is 0 Å². The van der Waals surface area contributed by atoms with E-state index in [1.54, 1.807) is 16.7 Å². The topological polar surface area (TPSA) is 55.8 Å². The third kappa shape index (κ3) is 7.92. The highest BCUT2D eigenvalue weighted by atomic mass is 32.2. The Hall–Kier alpha value is -0.910. The van der Waals surface area contributed by atoms with E-state index < -0.39 is 5.60 Å². The van der Waals surface area contributed by atoms with Crippen LogP contribution in [0.2, 0.25) is 0 Å². The molecule has 0 aromatic rings. The minimum Gasteiger partial charge on any atom is -0.462 e. The largest absolute Gasteiger partial charge is 0.462 e. The van der Waals surface area contributed by atoms with Crippen molar-refractivity contribution in [2.75, 3.05) is 24.6 Å². The van der Waals surface area contributed by atoms with Crippen LogP contribution in [0.3, 0.4) is 0 Å². The zero-order chi connectivity index (χ0) is 16.8. The highest BCUT2D eigenvalue weighted by molar-refractivity contribution is 7.99. The predicted molar refractivity (Wildman–Crippen MR) is 89.1 cm³/mol. The molecule has 0 bridgehead atoms. The lowest BCUT2D eigenvalue weighted by molar-refractivity contribution is -0.144. The number of ether oxygens (including phenoxy) is 2. The van der Waals surface area contributed by atoms with Gasteiger partial charge in [0.2, 0.25) is 0 Å². The van der Waals surface area contributed by atoms with Gasteiger partial charge in [0, 0.05) is 13.1 Å². The van der Waals surface area contributed by atoms with E-state index in [0.717, 1.165) is 25.1 Å². The fourth-order valence-electron chi connectivity index (χ4n) is 2.30. The number of carbonyl (C=O) groups excluding carboxylic acids is 2. The van der Waals surface area contributed by atoms with Crippen LogP contribution >= 0.6 is 11.8 Å². The molecule has 22 heavy (non-hydrogen) atoms. The molecule has 0 spiro atoms. The molecule has 6 heteroatoms. The van der Waals surface area contributed by atoms with Crippen molar-refractivity contribution in [2.24, 2.45) is 5.92 Å². The van der Waals surface area contributed by atoms with Gasteiger partial charge in [-0.15, -0.1) is 11.8 Å². The van der Waals surface area contributed by atoms with Crippen LogP contribution < -0.4 is 0 Å². The van der Waals surface area contributed by atoms with Gasteiger partial charge in [0.1, 0.15) is 5.60 Å². The number of nitrogens with zero attached hydrogens (tertiary/aromatic N) is 1. The molecule has 5 nitrogen and oxygen atoms in total. The van der Waals surface area contributed by atoms with Crippen LogP contribution in [0.1, 0.15) is 47.5 Å². The number of piperidine rings is 1. The summed E-state index contributed by atoms with van der Waals surface area (Å²) < 4.78 is 10.5. The zero-order valence-corrected chi connectivity index (χ0v) is 15.2. The number of thioether (sulfide) groups is 1. The molecule has 0 aromatic carbocycles. The average Bonchev–Trinajstić information content (AvgIpc) is 2.36. The number of carbonyl (C=O) groups is 2. The van der Waals surface area contributed by atoms with Gasteiger partial charge in [-0.3, -0.25) is 4.79 Å². The normalized spacial score (nSPS) is 19.2. The number of amides is 1. The van der Waals surface area contributed by atoms with Gasteiger partial charge < -0.3 is 14.4 Å². The van der Waals surface area contributed by atoms with E-state index in [2.05, 4.69) is 0 Å². The second-order valence-electron chi connectivity index (χ2n) is 6.99. The fourth-order valence-corrected chi connectivity index (χ4v) is 3.26. The van der Waals surface area contributed by atoms with Crippen LogP contribution in [-0.2, 0) is 14.3 Å². The lowest BCUT2D eigenvalue weighted by Crippen LogP contribution is -2.43. The lowest BCUT2D eigenvalue weighted by Gasteiger charge is -2.34. The molecule has 0 radical (unpaired) electrons. The smallest absolute Gasteiger partial charge is 0.410 e. The van der Waals surface area contributed by atoms with Crippen molar-refractivity contribution in [3.63, 3.8) is 0 Å². The van der Waals surface area contributed by atoms with Crippen LogP contribution in [0.4, 0.5) is 4.79 Å². The van der Waals surface area contributed by atoms with Crippen LogP contribution in [-0.4, -0.2) is 53.3 Å². The van der Waals surface area contributed by atoms with Crippen molar-refractivity contribution in [3.05, 3.63) is 0 Å². The molecule has 0 unspecified atom stereocenters. The second kappa shape index (κ2) is 8.65.